The fourth-order valence-electron chi connectivity index (χ4n) is 1.79. The first-order valence-corrected chi connectivity index (χ1v) is 7.02. The second kappa shape index (κ2) is 6.04. The molecule has 102 valence electrons. The van der Waals surface area contributed by atoms with Crippen molar-refractivity contribution >= 4 is 33.6 Å². The standard InChI is InChI=1S/C14H17NO3S/c1-3-6-17-7-4-5-10-9(2)19-12-8-11(14(15)16)18-13(10)12/h4-5,8H,3,6-7H2,1-2H3,(H2,15,16)/b5-4-. The van der Waals surface area contributed by atoms with E-state index in [0.717, 1.165) is 33.8 Å². The van der Waals surface area contributed by atoms with E-state index >= 15 is 0 Å². The van der Waals surface area contributed by atoms with Crippen LogP contribution in [-0.4, -0.2) is 19.1 Å². The highest BCUT2D eigenvalue weighted by atomic mass is 32.1. The average Bonchev–Trinajstić information content (AvgIpc) is 2.88. The van der Waals surface area contributed by atoms with Crippen molar-refractivity contribution < 1.29 is 13.9 Å². The quantitative estimate of drug-likeness (QED) is 0.825. The Bertz CT molecular complexity index is 610. The Kier molecular flexibility index (Phi) is 4.39. The molecule has 4 nitrogen and oxygen atoms in total. The Morgan fingerprint density at radius 2 is 2.37 bits per heavy atom. The lowest BCUT2D eigenvalue weighted by molar-refractivity contribution is 0.0976. The van der Waals surface area contributed by atoms with Gasteiger partial charge in [0.1, 0.15) is 0 Å². The molecule has 0 saturated heterocycles. The number of furan rings is 1. The first-order valence-electron chi connectivity index (χ1n) is 6.20. The monoisotopic (exact) mass is 279 g/mol. The molecule has 19 heavy (non-hydrogen) atoms. The van der Waals surface area contributed by atoms with Crippen molar-refractivity contribution in [2.24, 2.45) is 5.73 Å². The maximum absolute atomic E-state index is 11.1. The molecule has 2 heterocycles. The number of carbonyl (C=O) groups is 1. The van der Waals surface area contributed by atoms with E-state index in [4.69, 9.17) is 14.9 Å². The van der Waals surface area contributed by atoms with Crippen molar-refractivity contribution in [2.75, 3.05) is 13.2 Å². The normalized spacial score (nSPS) is 11.7. The van der Waals surface area contributed by atoms with Crippen LogP contribution in [0, 0.1) is 6.92 Å². The topological polar surface area (TPSA) is 65.5 Å². The number of primary amides is 1. The first-order chi connectivity index (χ1) is 9.13. The number of ether oxygens (including phenoxy) is 1. The number of amides is 1. The van der Waals surface area contributed by atoms with Crippen molar-refractivity contribution in [3.63, 3.8) is 0 Å². The molecule has 0 bridgehead atoms. The summed E-state index contributed by atoms with van der Waals surface area (Å²) in [5, 5.41) is 0. The average molecular weight is 279 g/mol. The molecule has 0 aliphatic carbocycles. The fraction of sp³-hybridized carbons (Fsp3) is 0.357. The van der Waals surface area contributed by atoms with Crippen molar-refractivity contribution in [3.8, 4) is 0 Å². The van der Waals surface area contributed by atoms with Gasteiger partial charge in [0.05, 0.1) is 11.3 Å². The fourth-order valence-corrected chi connectivity index (χ4v) is 2.80. The van der Waals surface area contributed by atoms with Gasteiger partial charge >= 0.3 is 0 Å². The van der Waals surface area contributed by atoms with Crippen LogP contribution >= 0.6 is 11.3 Å². The van der Waals surface area contributed by atoms with E-state index in [1.165, 1.54) is 0 Å². The molecule has 0 spiro atoms. The van der Waals surface area contributed by atoms with E-state index in [1.54, 1.807) is 17.4 Å². The lowest BCUT2D eigenvalue weighted by Crippen LogP contribution is -2.09. The summed E-state index contributed by atoms with van der Waals surface area (Å²) in [6.45, 7) is 5.43. The van der Waals surface area contributed by atoms with Crippen LogP contribution in [0.2, 0.25) is 0 Å². The molecule has 0 unspecified atom stereocenters. The van der Waals surface area contributed by atoms with Gasteiger partial charge in [-0.15, -0.1) is 11.3 Å². The first kappa shape index (κ1) is 13.8. The summed E-state index contributed by atoms with van der Waals surface area (Å²) >= 11 is 1.59. The van der Waals surface area contributed by atoms with E-state index < -0.39 is 5.91 Å². The van der Waals surface area contributed by atoms with E-state index in [-0.39, 0.29) is 5.76 Å². The number of hydrogen-bond donors (Lipinski definition) is 1. The van der Waals surface area contributed by atoms with Crippen LogP contribution in [0.5, 0.6) is 0 Å². The van der Waals surface area contributed by atoms with Crippen LogP contribution in [0.3, 0.4) is 0 Å². The number of carbonyl (C=O) groups excluding carboxylic acids is 1. The van der Waals surface area contributed by atoms with E-state index in [2.05, 4.69) is 6.92 Å². The summed E-state index contributed by atoms with van der Waals surface area (Å²) in [5.41, 5.74) is 6.93. The maximum Gasteiger partial charge on any atom is 0.284 e. The molecule has 5 heteroatoms. The van der Waals surface area contributed by atoms with Gasteiger partial charge in [-0.1, -0.05) is 19.1 Å². The zero-order chi connectivity index (χ0) is 13.8. The van der Waals surface area contributed by atoms with E-state index in [0.29, 0.717) is 6.61 Å². The zero-order valence-electron chi connectivity index (χ0n) is 11.1. The van der Waals surface area contributed by atoms with Crippen LogP contribution in [0.1, 0.15) is 34.3 Å². The molecular weight excluding hydrogens is 262 g/mol. The second-order valence-corrected chi connectivity index (χ2v) is 5.47. The van der Waals surface area contributed by atoms with Crippen LogP contribution in [0.25, 0.3) is 16.4 Å². The van der Waals surface area contributed by atoms with Gasteiger partial charge in [-0.05, 0) is 13.3 Å². The largest absolute Gasteiger partial charge is 0.449 e. The predicted molar refractivity (Wildman–Crippen MR) is 77.5 cm³/mol. The molecule has 2 aromatic rings. The summed E-state index contributed by atoms with van der Waals surface area (Å²) < 4.78 is 11.8. The molecule has 0 saturated carbocycles. The molecule has 0 aliphatic rings. The van der Waals surface area contributed by atoms with Crippen molar-refractivity contribution in [3.05, 3.63) is 28.3 Å². The highest BCUT2D eigenvalue weighted by Gasteiger charge is 2.15. The Labute approximate surface area is 115 Å². The Morgan fingerprint density at radius 1 is 1.58 bits per heavy atom. The van der Waals surface area contributed by atoms with Crippen LogP contribution in [-0.2, 0) is 4.74 Å². The Morgan fingerprint density at radius 3 is 3.05 bits per heavy atom. The molecular formula is C14H17NO3S. The minimum atomic E-state index is -0.540. The minimum absolute atomic E-state index is 0.207. The lowest BCUT2D eigenvalue weighted by atomic mass is 10.2. The van der Waals surface area contributed by atoms with Gasteiger partial charge in [-0.3, -0.25) is 4.79 Å². The second-order valence-electron chi connectivity index (χ2n) is 4.22. The van der Waals surface area contributed by atoms with Crippen LogP contribution in [0.15, 0.2) is 16.6 Å². The lowest BCUT2D eigenvalue weighted by Gasteiger charge is -1.96. The number of fused-ring (bicyclic) bond motifs is 1. The van der Waals surface area contributed by atoms with Gasteiger partial charge in [-0.2, -0.15) is 0 Å². The summed E-state index contributed by atoms with van der Waals surface area (Å²) in [4.78, 5) is 12.2. The molecule has 0 radical (unpaired) electrons. The van der Waals surface area contributed by atoms with Crippen LogP contribution in [0.4, 0.5) is 0 Å². The number of nitrogens with two attached hydrogens (primary N) is 1. The Hall–Kier alpha value is -1.59. The third-order valence-electron chi connectivity index (χ3n) is 2.67. The van der Waals surface area contributed by atoms with Crippen molar-refractivity contribution in [2.45, 2.75) is 20.3 Å². The number of hydrogen-bond acceptors (Lipinski definition) is 4. The van der Waals surface area contributed by atoms with Gasteiger partial charge in [0.25, 0.3) is 5.91 Å². The van der Waals surface area contributed by atoms with Gasteiger partial charge in [-0.25, -0.2) is 0 Å². The molecule has 0 atom stereocenters. The summed E-state index contributed by atoms with van der Waals surface area (Å²) in [6.07, 6.45) is 4.93. The molecule has 2 rings (SSSR count). The predicted octanol–water partition coefficient (Wildman–Crippen LogP) is 3.34. The third kappa shape index (κ3) is 3.05. The number of aryl methyl sites for hydroxylation is 1. The molecule has 0 fully saturated rings. The zero-order valence-corrected chi connectivity index (χ0v) is 11.9. The van der Waals surface area contributed by atoms with Gasteiger partial charge in [0, 0.05) is 23.1 Å². The molecule has 2 N–H and O–H groups in total. The van der Waals surface area contributed by atoms with Crippen molar-refractivity contribution in [1.29, 1.82) is 0 Å². The SMILES string of the molecule is CCCOC/C=C\c1c(C)sc2cc(C(N)=O)oc12. The summed E-state index contributed by atoms with van der Waals surface area (Å²) in [7, 11) is 0. The number of rotatable bonds is 6. The van der Waals surface area contributed by atoms with E-state index in [9.17, 15) is 4.79 Å². The summed E-state index contributed by atoms with van der Waals surface area (Å²) in [5.74, 6) is -0.333. The minimum Gasteiger partial charge on any atom is -0.449 e. The summed E-state index contributed by atoms with van der Waals surface area (Å²) in [6, 6.07) is 1.69. The Balaban J connectivity index is 2.21. The van der Waals surface area contributed by atoms with Crippen molar-refractivity contribution in [1.82, 2.24) is 0 Å². The van der Waals surface area contributed by atoms with E-state index in [1.807, 2.05) is 19.1 Å². The highest BCUT2D eigenvalue weighted by Crippen LogP contribution is 2.34. The van der Waals surface area contributed by atoms with Crippen LogP contribution < -0.4 is 5.73 Å². The molecule has 0 aliphatic heterocycles. The van der Waals surface area contributed by atoms with Gasteiger partial charge < -0.3 is 14.9 Å². The maximum atomic E-state index is 11.1. The van der Waals surface area contributed by atoms with Gasteiger partial charge in [0.15, 0.2) is 11.3 Å². The smallest absolute Gasteiger partial charge is 0.284 e. The highest BCUT2D eigenvalue weighted by molar-refractivity contribution is 7.19. The number of thiophene rings is 1. The molecule has 1 amide bonds. The molecule has 0 aromatic carbocycles. The molecule has 2 aromatic heterocycles. The van der Waals surface area contributed by atoms with Gasteiger partial charge in [0.2, 0.25) is 0 Å². The third-order valence-corrected chi connectivity index (χ3v) is 3.72.